The van der Waals surface area contributed by atoms with E-state index in [-0.39, 0.29) is 11.3 Å². The van der Waals surface area contributed by atoms with Gasteiger partial charge < -0.3 is 15.8 Å². The Bertz CT molecular complexity index is 659. The van der Waals surface area contributed by atoms with Crippen LogP contribution in [0.15, 0.2) is 52.5 Å². The molecule has 104 valence electrons. The average Bonchev–Trinajstić information content (AvgIpc) is 2.45. The highest BCUT2D eigenvalue weighted by Gasteiger charge is 2.36. The molecule has 1 aromatic heterocycles. The zero-order valence-electron chi connectivity index (χ0n) is 10.4. The van der Waals surface area contributed by atoms with E-state index in [1.165, 1.54) is 12.3 Å². The SMILES string of the molecule is NC(CSc1nccc(=O)[nH]1)(C(=O)O)c1ccccc1. The first kappa shape index (κ1) is 14.3. The number of nitrogens with one attached hydrogen (secondary N) is 1. The molecule has 7 heteroatoms. The van der Waals surface area contributed by atoms with Gasteiger partial charge in [-0.25, -0.2) is 9.78 Å². The van der Waals surface area contributed by atoms with Crippen molar-refractivity contribution in [1.29, 1.82) is 0 Å². The van der Waals surface area contributed by atoms with Crippen LogP contribution >= 0.6 is 11.8 Å². The van der Waals surface area contributed by atoms with E-state index < -0.39 is 11.5 Å². The lowest BCUT2D eigenvalue weighted by molar-refractivity contribution is -0.142. The molecule has 1 unspecified atom stereocenters. The Morgan fingerprint density at radius 1 is 1.35 bits per heavy atom. The molecule has 1 heterocycles. The molecule has 4 N–H and O–H groups in total. The van der Waals surface area contributed by atoms with Gasteiger partial charge in [0.15, 0.2) is 5.16 Å². The van der Waals surface area contributed by atoms with Gasteiger partial charge in [-0.15, -0.1) is 0 Å². The topological polar surface area (TPSA) is 109 Å². The Morgan fingerprint density at radius 2 is 2.05 bits per heavy atom. The number of thioether (sulfide) groups is 1. The molecule has 0 saturated heterocycles. The Hall–Kier alpha value is -2.12. The Kier molecular flexibility index (Phi) is 4.21. The van der Waals surface area contributed by atoms with Crippen molar-refractivity contribution in [2.24, 2.45) is 5.73 Å². The molecule has 0 radical (unpaired) electrons. The zero-order chi connectivity index (χ0) is 14.6. The molecule has 6 nitrogen and oxygen atoms in total. The van der Waals surface area contributed by atoms with Gasteiger partial charge in [0.2, 0.25) is 0 Å². The summed E-state index contributed by atoms with van der Waals surface area (Å²) in [6.07, 6.45) is 1.36. The van der Waals surface area contributed by atoms with Crippen molar-refractivity contribution < 1.29 is 9.90 Å². The highest BCUT2D eigenvalue weighted by atomic mass is 32.2. The Labute approximate surface area is 119 Å². The predicted molar refractivity (Wildman–Crippen MR) is 75.5 cm³/mol. The molecule has 0 amide bonds. The van der Waals surface area contributed by atoms with Crippen molar-refractivity contribution >= 4 is 17.7 Å². The fourth-order valence-corrected chi connectivity index (χ4v) is 2.57. The summed E-state index contributed by atoms with van der Waals surface area (Å²) in [6.45, 7) is 0. The van der Waals surface area contributed by atoms with E-state index in [1.807, 2.05) is 0 Å². The number of nitrogens with two attached hydrogens (primary N) is 1. The third-order valence-corrected chi connectivity index (χ3v) is 3.84. The molecule has 0 saturated carbocycles. The van der Waals surface area contributed by atoms with Crippen LogP contribution in [0.5, 0.6) is 0 Å². The molecule has 0 aliphatic heterocycles. The van der Waals surface area contributed by atoms with Gasteiger partial charge >= 0.3 is 5.97 Å². The molecule has 20 heavy (non-hydrogen) atoms. The minimum atomic E-state index is -1.54. The summed E-state index contributed by atoms with van der Waals surface area (Å²) in [5.41, 5.74) is 4.67. The number of carboxylic acids is 1. The second kappa shape index (κ2) is 5.89. The Balaban J connectivity index is 2.23. The molecule has 1 atom stereocenters. The van der Waals surface area contributed by atoms with Gasteiger partial charge in [0.1, 0.15) is 5.54 Å². The molecular formula is C13H13N3O3S. The van der Waals surface area contributed by atoms with E-state index in [1.54, 1.807) is 30.3 Å². The van der Waals surface area contributed by atoms with Crippen molar-refractivity contribution in [3.8, 4) is 0 Å². The van der Waals surface area contributed by atoms with Gasteiger partial charge in [-0.1, -0.05) is 42.1 Å². The van der Waals surface area contributed by atoms with Gasteiger partial charge in [0.05, 0.1) is 0 Å². The van der Waals surface area contributed by atoms with Gasteiger partial charge in [0.25, 0.3) is 5.56 Å². The van der Waals surface area contributed by atoms with Gasteiger partial charge in [-0.2, -0.15) is 0 Å². The maximum absolute atomic E-state index is 11.5. The van der Waals surface area contributed by atoms with Crippen LogP contribution in [0.25, 0.3) is 0 Å². The third-order valence-electron chi connectivity index (χ3n) is 2.75. The fourth-order valence-electron chi connectivity index (χ4n) is 1.61. The van der Waals surface area contributed by atoms with Crippen LogP contribution in [0.3, 0.4) is 0 Å². The molecule has 0 fully saturated rings. The fraction of sp³-hybridized carbons (Fsp3) is 0.154. The minimum Gasteiger partial charge on any atom is -0.480 e. The van der Waals surface area contributed by atoms with E-state index in [4.69, 9.17) is 5.73 Å². The molecule has 0 spiro atoms. The van der Waals surface area contributed by atoms with Crippen molar-refractivity contribution in [2.75, 3.05) is 5.75 Å². The summed E-state index contributed by atoms with van der Waals surface area (Å²) >= 11 is 1.09. The first-order chi connectivity index (χ1) is 9.52. The van der Waals surface area contributed by atoms with Gasteiger partial charge in [-0.3, -0.25) is 4.79 Å². The molecule has 1 aromatic carbocycles. The standard InChI is InChI=1S/C13H13N3O3S/c14-13(11(18)19,9-4-2-1-3-5-9)8-20-12-15-7-6-10(17)16-12/h1-7H,8,14H2,(H,18,19)(H,15,16,17). The average molecular weight is 291 g/mol. The second-order valence-corrected chi connectivity index (χ2v) is 5.13. The molecule has 0 aliphatic rings. The van der Waals surface area contributed by atoms with Gasteiger partial charge in [-0.05, 0) is 5.56 Å². The van der Waals surface area contributed by atoms with Crippen LogP contribution in [0.1, 0.15) is 5.56 Å². The number of aromatic nitrogens is 2. The predicted octanol–water partition coefficient (Wildman–Crippen LogP) is 0.801. The summed E-state index contributed by atoms with van der Waals surface area (Å²) in [5, 5.41) is 9.73. The highest BCUT2D eigenvalue weighted by Crippen LogP contribution is 2.26. The van der Waals surface area contributed by atoms with E-state index in [0.29, 0.717) is 10.7 Å². The van der Waals surface area contributed by atoms with Crippen molar-refractivity contribution in [3.05, 3.63) is 58.5 Å². The minimum absolute atomic E-state index is 0.0549. The van der Waals surface area contributed by atoms with E-state index in [9.17, 15) is 14.7 Å². The number of carbonyl (C=O) groups is 1. The summed E-state index contributed by atoms with van der Waals surface area (Å²) in [4.78, 5) is 29.1. The molecule has 2 rings (SSSR count). The first-order valence-corrected chi connectivity index (χ1v) is 6.77. The van der Waals surface area contributed by atoms with Crippen molar-refractivity contribution in [2.45, 2.75) is 10.7 Å². The lowest BCUT2D eigenvalue weighted by Crippen LogP contribution is -2.47. The smallest absolute Gasteiger partial charge is 0.329 e. The van der Waals surface area contributed by atoms with Crippen LogP contribution in [0.2, 0.25) is 0 Å². The number of nitrogens with zero attached hydrogens (tertiary/aromatic N) is 1. The molecule has 0 aliphatic carbocycles. The molecule has 2 aromatic rings. The largest absolute Gasteiger partial charge is 0.480 e. The maximum Gasteiger partial charge on any atom is 0.329 e. The number of aliphatic carboxylic acids is 1. The monoisotopic (exact) mass is 291 g/mol. The molecular weight excluding hydrogens is 278 g/mol. The number of aromatic amines is 1. The lowest BCUT2D eigenvalue weighted by Gasteiger charge is -2.24. The maximum atomic E-state index is 11.5. The number of benzene rings is 1. The second-order valence-electron chi connectivity index (χ2n) is 4.17. The van der Waals surface area contributed by atoms with Crippen LogP contribution < -0.4 is 11.3 Å². The number of hydrogen-bond donors (Lipinski definition) is 3. The van der Waals surface area contributed by atoms with Crippen LogP contribution in [0.4, 0.5) is 0 Å². The number of hydrogen-bond acceptors (Lipinski definition) is 5. The highest BCUT2D eigenvalue weighted by molar-refractivity contribution is 7.99. The van der Waals surface area contributed by atoms with Crippen molar-refractivity contribution in [3.63, 3.8) is 0 Å². The number of rotatable bonds is 5. The van der Waals surface area contributed by atoms with E-state index in [0.717, 1.165) is 11.8 Å². The third kappa shape index (κ3) is 3.06. The first-order valence-electron chi connectivity index (χ1n) is 5.78. The summed E-state index contributed by atoms with van der Waals surface area (Å²) in [6, 6.07) is 9.86. The van der Waals surface area contributed by atoms with Crippen LogP contribution in [-0.4, -0.2) is 26.8 Å². The zero-order valence-corrected chi connectivity index (χ0v) is 11.3. The summed E-state index contributed by atoms with van der Waals surface area (Å²) < 4.78 is 0. The number of carboxylic acid groups (broad SMARTS) is 1. The number of H-pyrrole nitrogens is 1. The summed E-state index contributed by atoms with van der Waals surface area (Å²) in [7, 11) is 0. The quantitative estimate of drug-likeness (QED) is 0.555. The van der Waals surface area contributed by atoms with Crippen LogP contribution in [0, 0.1) is 0 Å². The van der Waals surface area contributed by atoms with E-state index in [2.05, 4.69) is 9.97 Å². The van der Waals surface area contributed by atoms with Crippen LogP contribution in [-0.2, 0) is 10.3 Å². The Morgan fingerprint density at radius 3 is 2.65 bits per heavy atom. The van der Waals surface area contributed by atoms with E-state index >= 15 is 0 Å². The lowest BCUT2D eigenvalue weighted by atomic mass is 9.93. The van der Waals surface area contributed by atoms with Crippen molar-refractivity contribution in [1.82, 2.24) is 9.97 Å². The molecule has 0 bridgehead atoms. The normalized spacial score (nSPS) is 13.7. The van der Waals surface area contributed by atoms with Gasteiger partial charge in [0, 0.05) is 18.0 Å². The summed E-state index contributed by atoms with van der Waals surface area (Å²) in [5.74, 6) is -1.08.